The Kier molecular flexibility index (Phi) is 3.52. The van der Waals surface area contributed by atoms with Crippen molar-refractivity contribution < 1.29 is 10.2 Å². The maximum absolute atomic E-state index is 9.15. The number of benzene rings is 1. The van der Waals surface area contributed by atoms with E-state index < -0.39 is 0 Å². The minimum Gasteiger partial charge on any atom is -0.390 e. The SMILES string of the molecule is Cc1ccccc1-c1cc(CO)nc(CO)c1. The van der Waals surface area contributed by atoms with Crippen molar-refractivity contribution in [1.82, 2.24) is 4.98 Å². The van der Waals surface area contributed by atoms with E-state index in [1.165, 1.54) is 0 Å². The molecule has 0 saturated heterocycles. The van der Waals surface area contributed by atoms with Gasteiger partial charge in [0.1, 0.15) is 0 Å². The monoisotopic (exact) mass is 229 g/mol. The first-order valence-electron chi connectivity index (χ1n) is 5.52. The predicted octanol–water partition coefficient (Wildman–Crippen LogP) is 2.04. The van der Waals surface area contributed by atoms with Crippen molar-refractivity contribution in [3.05, 3.63) is 53.3 Å². The van der Waals surface area contributed by atoms with Crippen LogP contribution in [0.15, 0.2) is 36.4 Å². The molecule has 3 heteroatoms. The molecular weight excluding hydrogens is 214 g/mol. The summed E-state index contributed by atoms with van der Waals surface area (Å²) < 4.78 is 0. The van der Waals surface area contributed by atoms with Crippen LogP contribution in [0.3, 0.4) is 0 Å². The van der Waals surface area contributed by atoms with E-state index in [1.54, 1.807) is 0 Å². The third-order valence-electron chi connectivity index (χ3n) is 2.71. The van der Waals surface area contributed by atoms with Crippen LogP contribution in [0.2, 0.25) is 0 Å². The molecule has 0 fully saturated rings. The fraction of sp³-hybridized carbons (Fsp3) is 0.214. The molecular formula is C14H15NO2. The summed E-state index contributed by atoms with van der Waals surface area (Å²) in [7, 11) is 0. The third-order valence-corrected chi connectivity index (χ3v) is 2.71. The zero-order valence-electron chi connectivity index (χ0n) is 9.72. The second-order valence-electron chi connectivity index (χ2n) is 3.97. The van der Waals surface area contributed by atoms with Gasteiger partial charge in [-0.2, -0.15) is 0 Å². The van der Waals surface area contributed by atoms with Gasteiger partial charge in [0.05, 0.1) is 24.6 Å². The fourth-order valence-corrected chi connectivity index (χ4v) is 1.86. The van der Waals surface area contributed by atoms with Crippen molar-refractivity contribution in [2.24, 2.45) is 0 Å². The molecule has 88 valence electrons. The number of aliphatic hydroxyl groups excluding tert-OH is 2. The van der Waals surface area contributed by atoms with Gasteiger partial charge >= 0.3 is 0 Å². The van der Waals surface area contributed by atoms with Crippen LogP contribution in [0.25, 0.3) is 11.1 Å². The molecule has 0 bridgehead atoms. The average molecular weight is 229 g/mol. The molecule has 1 aromatic carbocycles. The summed E-state index contributed by atoms with van der Waals surface area (Å²) in [6.45, 7) is 1.80. The van der Waals surface area contributed by atoms with Gasteiger partial charge in [-0.05, 0) is 35.7 Å². The Bertz CT molecular complexity index is 501. The second kappa shape index (κ2) is 5.08. The largest absolute Gasteiger partial charge is 0.390 e. The number of hydrogen-bond acceptors (Lipinski definition) is 3. The number of rotatable bonds is 3. The third kappa shape index (κ3) is 2.52. The minimum absolute atomic E-state index is 0.118. The van der Waals surface area contributed by atoms with Crippen LogP contribution in [0.5, 0.6) is 0 Å². The zero-order chi connectivity index (χ0) is 12.3. The van der Waals surface area contributed by atoms with E-state index in [1.807, 2.05) is 43.3 Å². The highest BCUT2D eigenvalue weighted by molar-refractivity contribution is 5.67. The van der Waals surface area contributed by atoms with Gasteiger partial charge in [0.2, 0.25) is 0 Å². The van der Waals surface area contributed by atoms with E-state index in [-0.39, 0.29) is 13.2 Å². The Morgan fingerprint density at radius 2 is 1.59 bits per heavy atom. The normalized spacial score (nSPS) is 10.5. The number of aromatic nitrogens is 1. The molecule has 0 aliphatic heterocycles. The van der Waals surface area contributed by atoms with E-state index >= 15 is 0 Å². The molecule has 2 aromatic rings. The van der Waals surface area contributed by atoms with Crippen molar-refractivity contribution in [3.8, 4) is 11.1 Å². The van der Waals surface area contributed by atoms with E-state index in [0.29, 0.717) is 11.4 Å². The molecule has 2 rings (SSSR count). The first-order valence-corrected chi connectivity index (χ1v) is 5.52. The van der Waals surface area contributed by atoms with Crippen LogP contribution < -0.4 is 0 Å². The second-order valence-corrected chi connectivity index (χ2v) is 3.97. The lowest BCUT2D eigenvalue weighted by molar-refractivity contribution is 0.265. The Hall–Kier alpha value is -1.71. The van der Waals surface area contributed by atoms with Gasteiger partial charge in [0.15, 0.2) is 0 Å². The zero-order valence-corrected chi connectivity index (χ0v) is 9.72. The molecule has 17 heavy (non-hydrogen) atoms. The minimum atomic E-state index is -0.118. The lowest BCUT2D eigenvalue weighted by atomic mass is 10.00. The molecule has 1 heterocycles. The van der Waals surface area contributed by atoms with Crippen LogP contribution in [0.4, 0.5) is 0 Å². The number of hydrogen-bond donors (Lipinski definition) is 2. The van der Waals surface area contributed by atoms with Gasteiger partial charge in [-0.15, -0.1) is 0 Å². The van der Waals surface area contributed by atoms with E-state index in [9.17, 15) is 0 Å². The van der Waals surface area contributed by atoms with Gasteiger partial charge in [0.25, 0.3) is 0 Å². The Balaban J connectivity index is 2.55. The molecule has 3 nitrogen and oxygen atoms in total. The summed E-state index contributed by atoms with van der Waals surface area (Å²) in [6, 6.07) is 11.7. The summed E-state index contributed by atoms with van der Waals surface area (Å²) in [5.74, 6) is 0. The highest BCUT2D eigenvalue weighted by atomic mass is 16.3. The standard InChI is InChI=1S/C14H15NO2/c1-10-4-2-3-5-14(10)11-6-12(8-16)15-13(7-11)9-17/h2-7,16-17H,8-9H2,1H3. The topological polar surface area (TPSA) is 53.4 Å². The van der Waals surface area contributed by atoms with Gasteiger partial charge in [-0.3, -0.25) is 4.98 Å². The number of aryl methyl sites for hydroxylation is 1. The van der Waals surface area contributed by atoms with Crippen molar-refractivity contribution in [2.45, 2.75) is 20.1 Å². The first-order chi connectivity index (χ1) is 8.24. The maximum Gasteiger partial charge on any atom is 0.0853 e. The van der Waals surface area contributed by atoms with Crippen molar-refractivity contribution >= 4 is 0 Å². The number of nitrogens with zero attached hydrogens (tertiary/aromatic N) is 1. The number of pyridine rings is 1. The van der Waals surface area contributed by atoms with Crippen LogP contribution in [-0.2, 0) is 13.2 Å². The van der Waals surface area contributed by atoms with Gasteiger partial charge in [-0.25, -0.2) is 0 Å². The molecule has 2 N–H and O–H groups in total. The van der Waals surface area contributed by atoms with Crippen LogP contribution in [0, 0.1) is 6.92 Å². The van der Waals surface area contributed by atoms with Crippen molar-refractivity contribution in [3.63, 3.8) is 0 Å². The highest BCUT2D eigenvalue weighted by Gasteiger charge is 2.05. The smallest absolute Gasteiger partial charge is 0.0853 e. The van der Waals surface area contributed by atoms with Gasteiger partial charge in [0, 0.05) is 0 Å². The van der Waals surface area contributed by atoms with Crippen molar-refractivity contribution in [2.75, 3.05) is 0 Å². The summed E-state index contributed by atoms with van der Waals surface area (Å²) in [5.41, 5.74) is 4.39. The molecule has 0 saturated carbocycles. The van der Waals surface area contributed by atoms with Gasteiger partial charge in [-0.1, -0.05) is 24.3 Å². The predicted molar refractivity (Wildman–Crippen MR) is 66.3 cm³/mol. The highest BCUT2D eigenvalue weighted by Crippen LogP contribution is 2.24. The molecule has 0 aliphatic rings. The molecule has 0 aliphatic carbocycles. The van der Waals surface area contributed by atoms with E-state index in [4.69, 9.17) is 10.2 Å². The summed E-state index contributed by atoms with van der Waals surface area (Å²) in [5, 5.41) is 18.3. The van der Waals surface area contributed by atoms with Crippen LogP contribution in [0.1, 0.15) is 17.0 Å². The summed E-state index contributed by atoms with van der Waals surface area (Å²) in [4.78, 5) is 4.13. The number of aliphatic hydroxyl groups is 2. The van der Waals surface area contributed by atoms with Crippen molar-refractivity contribution in [1.29, 1.82) is 0 Å². The molecule has 0 amide bonds. The first kappa shape index (κ1) is 11.8. The lowest BCUT2D eigenvalue weighted by Crippen LogP contribution is -1.97. The quantitative estimate of drug-likeness (QED) is 0.846. The van der Waals surface area contributed by atoms with Crippen LogP contribution >= 0.6 is 0 Å². The average Bonchev–Trinajstić information content (AvgIpc) is 2.38. The lowest BCUT2D eigenvalue weighted by Gasteiger charge is -2.09. The Morgan fingerprint density at radius 3 is 2.12 bits per heavy atom. The Morgan fingerprint density at radius 1 is 1.00 bits per heavy atom. The summed E-state index contributed by atoms with van der Waals surface area (Å²) >= 11 is 0. The van der Waals surface area contributed by atoms with Gasteiger partial charge < -0.3 is 10.2 Å². The fourth-order valence-electron chi connectivity index (χ4n) is 1.86. The molecule has 0 atom stereocenters. The van der Waals surface area contributed by atoms with Crippen LogP contribution in [-0.4, -0.2) is 15.2 Å². The summed E-state index contributed by atoms with van der Waals surface area (Å²) in [6.07, 6.45) is 0. The molecule has 0 radical (unpaired) electrons. The van der Waals surface area contributed by atoms with E-state index in [2.05, 4.69) is 4.98 Å². The molecule has 0 unspecified atom stereocenters. The maximum atomic E-state index is 9.15. The molecule has 0 spiro atoms. The Labute approximate surface area is 100 Å². The molecule has 1 aromatic heterocycles. The van der Waals surface area contributed by atoms with E-state index in [0.717, 1.165) is 16.7 Å².